The van der Waals surface area contributed by atoms with Crippen LogP contribution >= 0.6 is 11.6 Å². The molecule has 0 aromatic heterocycles. The van der Waals surface area contributed by atoms with Crippen molar-refractivity contribution in [2.24, 2.45) is 0 Å². The molecule has 7 nitrogen and oxygen atoms in total. The van der Waals surface area contributed by atoms with Gasteiger partial charge in [-0.05, 0) is 56.2 Å². The van der Waals surface area contributed by atoms with E-state index in [1.807, 2.05) is 6.92 Å². The average Bonchev–Trinajstić information content (AvgIpc) is 2.92. The Morgan fingerprint density at radius 2 is 1.69 bits per heavy atom. The van der Waals surface area contributed by atoms with Crippen LogP contribution in [0.4, 0.5) is 10.1 Å². The predicted octanol–water partition coefficient (Wildman–Crippen LogP) is 5.32. The van der Waals surface area contributed by atoms with Crippen molar-refractivity contribution < 1.29 is 22.4 Å². The highest BCUT2D eigenvalue weighted by molar-refractivity contribution is 7.92. The van der Waals surface area contributed by atoms with Crippen LogP contribution in [0.5, 0.6) is 0 Å². The highest BCUT2D eigenvalue weighted by Crippen LogP contribution is 2.28. The summed E-state index contributed by atoms with van der Waals surface area (Å²) in [6.45, 7) is 4.89. The lowest BCUT2D eigenvalue weighted by Gasteiger charge is -2.32. The minimum atomic E-state index is -4.20. The van der Waals surface area contributed by atoms with Crippen LogP contribution in [-0.4, -0.2) is 44.3 Å². The second-order valence-electron chi connectivity index (χ2n) is 9.19. The first-order chi connectivity index (χ1) is 18.6. The van der Waals surface area contributed by atoms with E-state index in [1.54, 1.807) is 50.2 Å². The quantitative estimate of drug-likeness (QED) is 0.297. The lowest BCUT2D eigenvalue weighted by molar-refractivity contribution is -0.139. The number of aryl methyl sites for hydroxylation is 1. The van der Waals surface area contributed by atoms with Crippen LogP contribution in [0.25, 0.3) is 0 Å². The molecule has 2 amide bonds. The van der Waals surface area contributed by atoms with E-state index in [1.165, 1.54) is 41.3 Å². The van der Waals surface area contributed by atoms with Gasteiger partial charge in [-0.1, -0.05) is 67.4 Å². The first-order valence-electron chi connectivity index (χ1n) is 12.7. The molecule has 3 aromatic carbocycles. The van der Waals surface area contributed by atoms with Crippen LogP contribution < -0.4 is 9.62 Å². The Bertz CT molecular complexity index is 1400. The first-order valence-corrected chi connectivity index (χ1v) is 14.5. The number of nitrogens with zero attached hydrogens (tertiary/aromatic N) is 2. The van der Waals surface area contributed by atoms with Gasteiger partial charge in [0, 0.05) is 23.7 Å². The summed E-state index contributed by atoms with van der Waals surface area (Å²) < 4.78 is 43.1. The van der Waals surface area contributed by atoms with Crippen molar-refractivity contribution in [3.8, 4) is 0 Å². The van der Waals surface area contributed by atoms with Crippen LogP contribution in [-0.2, 0) is 26.2 Å². The number of carbonyl (C=O) groups excluding carboxylic acids is 2. The predicted molar refractivity (Wildman–Crippen MR) is 151 cm³/mol. The van der Waals surface area contributed by atoms with Crippen molar-refractivity contribution in [2.75, 3.05) is 17.4 Å². The summed E-state index contributed by atoms with van der Waals surface area (Å²) in [4.78, 5) is 28.0. The van der Waals surface area contributed by atoms with Crippen LogP contribution in [0.1, 0.15) is 37.8 Å². The third-order valence-corrected chi connectivity index (χ3v) is 8.54. The van der Waals surface area contributed by atoms with Crippen LogP contribution in [0, 0.1) is 12.7 Å². The summed E-state index contributed by atoms with van der Waals surface area (Å²) in [5.74, 6) is -1.62. The topological polar surface area (TPSA) is 86.8 Å². The van der Waals surface area contributed by atoms with E-state index < -0.39 is 40.2 Å². The molecule has 0 aliphatic carbocycles. The van der Waals surface area contributed by atoms with Gasteiger partial charge in [-0.3, -0.25) is 13.9 Å². The largest absolute Gasteiger partial charge is 0.354 e. The van der Waals surface area contributed by atoms with E-state index in [9.17, 15) is 22.4 Å². The Morgan fingerprint density at radius 3 is 2.33 bits per heavy atom. The number of rotatable bonds is 12. The molecule has 0 heterocycles. The van der Waals surface area contributed by atoms with Crippen molar-refractivity contribution in [1.82, 2.24) is 10.2 Å². The van der Waals surface area contributed by atoms with Gasteiger partial charge in [0.1, 0.15) is 18.4 Å². The fourth-order valence-corrected chi connectivity index (χ4v) is 5.52. The number of anilines is 1. The number of hydrogen-bond acceptors (Lipinski definition) is 4. The zero-order valence-electron chi connectivity index (χ0n) is 22.2. The fraction of sp³-hybridized carbons (Fsp3) is 0.310. The summed E-state index contributed by atoms with van der Waals surface area (Å²) in [5, 5.41) is 3.13. The zero-order chi connectivity index (χ0) is 28.6. The van der Waals surface area contributed by atoms with Gasteiger partial charge in [0.15, 0.2) is 0 Å². The lowest BCUT2D eigenvalue weighted by atomic mass is 10.1. The van der Waals surface area contributed by atoms with Crippen molar-refractivity contribution >= 4 is 39.1 Å². The summed E-state index contributed by atoms with van der Waals surface area (Å²) >= 11 is 6.32. The second-order valence-corrected chi connectivity index (χ2v) is 11.5. The van der Waals surface area contributed by atoms with Gasteiger partial charge in [-0.15, -0.1) is 0 Å². The Balaban J connectivity index is 2.02. The third kappa shape index (κ3) is 7.58. The third-order valence-electron chi connectivity index (χ3n) is 6.35. The number of sulfonamides is 1. The van der Waals surface area contributed by atoms with Gasteiger partial charge in [0.05, 0.1) is 10.6 Å². The SMILES string of the molecule is CCCCNC(=O)[C@@H](C)N(Cc1ccccc1F)C(=O)CN(c1ccc(C)c(Cl)c1)S(=O)(=O)c1ccccc1. The lowest BCUT2D eigenvalue weighted by Crippen LogP contribution is -2.51. The molecule has 39 heavy (non-hydrogen) atoms. The highest BCUT2D eigenvalue weighted by atomic mass is 35.5. The summed E-state index contributed by atoms with van der Waals surface area (Å²) in [6.07, 6.45) is 1.63. The summed E-state index contributed by atoms with van der Waals surface area (Å²) in [6, 6.07) is 17.4. The molecule has 10 heteroatoms. The summed E-state index contributed by atoms with van der Waals surface area (Å²) in [5.41, 5.74) is 1.13. The van der Waals surface area contributed by atoms with Crippen molar-refractivity contribution in [3.05, 3.63) is 94.8 Å². The van der Waals surface area contributed by atoms with Crippen molar-refractivity contribution in [1.29, 1.82) is 0 Å². The summed E-state index contributed by atoms with van der Waals surface area (Å²) in [7, 11) is -4.20. The molecule has 1 N–H and O–H groups in total. The molecule has 1 atom stereocenters. The number of unbranched alkanes of at least 4 members (excludes halogenated alkanes) is 1. The zero-order valence-corrected chi connectivity index (χ0v) is 23.8. The first kappa shape index (κ1) is 30.1. The molecule has 0 bridgehead atoms. The molecule has 0 spiro atoms. The van der Waals surface area contributed by atoms with Gasteiger partial charge in [0.2, 0.25) is 11.8 Å². The maximum atomic E-state index is 14.6. The molecule has 208 valence electrons. The molecule has 0 aliphatic rings. The molecule has 0 saturated heterocycles. The van der Waals surface area contributed by atoms with Crippen LogP contribution in [0.15, 0.2) is 77.7 Å². The Kier molecular flexibility index (Phi) is 10.5. The van der Waals surface area contributed by atoms with E-state index in [0.29, 0.717) is 11.6 Å². The minimum absolute atomic E-state index is 0.0134. The van der Waals surface area contributed by atoms with Gasteiger partial charge in [-0.25, -0.2) is 12.8 Å². The normalized spacial score (nSPS) is 12.0. The molecular weight excluding hydrogens is 541 g/mol. The molecule has 0 saturated carbocycles. The number of carbonyl (C=O) groups is 2. The number of hydrogen-bond donors (Lipinski definition) is 1. The highest BCUT2D eigenvalue weighted by Gasteiger charge is 2.33. The second kappa shape index (κ2) is 13.6. The number of benzene rings is 3. The van der Waals surface area contributed by atoms with E-state index in [2.05, 4.69) is 5.32 Å². The van der Waals surface area contributed by atoms with Gasteiger partial charge in [0.25, 0.3) is 10.0 Å². The van der Waals surface area contributed by atoms with Crippen LogP contribution in [0.2, 0.25) is 5.02 Å². The molecule has 0 radical (unpaired) electrons. The van der Waals surface area contributed by atoms with E-state index >= 15 is 0 Å². The number of amides is 2. The van der Waals surface area contributed by atoms with Gasteiger partial charge >= 0.3 is 0 Å². The Labute approximate surface area is 234 Å². The smallest absolute Gasteiger partial charge is 0.264 e. The molecule has 3 aromatic rings. The van der Waals surface area contributed by atoms with E-state index in [0.717, 1.165) is 22.7 Å². The molecule has 0 unspecified atom stereocenters. The monoisotopic (exact) mass is 573 g/mol. The van der Waals surface area contributed by atoms with Gasteiger partial charge < -0.3 is 10.2 Å². The van der Waals surface area contributed by atoms with E-state index in [-0.39, 0.29) is 22.7 Å². The number of halogens is 2. The Hall–Kier alpha value is -3.43. The van der Waals surface area contributed by atoms with Gasteiger partial charge in [-0.2, -0.15) is 0 Å². The fourth-order valence-electron chi connectivity index (χ4n) is 3.91. The Morgan fingerprint density at radius 1 is 1.03 bits per heavy atom. The number of nitrogens with one attached hydrogen (secondary N) is 1. The average molecular weight is 574 g/mol. The molecular formula is C29H33ClFN3O4S. The van der Waals surface area contributed by atoms with E-state index in [4.69, 9.17) is 11.6 Å². The molecule has 0 fully saturated rings. The standard InChI is InChI=1S/C29H33ClFN3O4S/c1-4-5-17-32-29(36)22(3)33(19-23-11-9-10-14-27(23)31)28(35)20-34(24-16-15-21(2)26(30)18-24)39(37,38)25-12-7-6-8-13-25/h6-16,18,22H,4-5,17,19-20H2,1-3H3,(H,32,36)/t22-/m1/s1. The van der Waals surface area contributed by atoms with Crippen molar-refractivity contribution in [3.63, 3.8) is 0 Å². The minimum Gasteiger partial charge on any atom is -0.354 e. The molecule has 0 aliphatic heterocycles. The van der Waals surface area contributed by atoms with Crippen molar-refractivity contribution in [2.45, 2.75) is 51.1 Å². The maximum absolute atomic E-state index is 14.6. The molecule has 3 rings (SSSR count). The maximum Gasteiger partial charge on any atom is 0.264 e. The van der Waals surface area contributed by atoms with Crippen LogP contribution in [0.3, 0.4) is 0 Å².